The van der Waals surface area contributed by atoms with E-state index in [1.54, 1.807) is 13.8 Å². The molecular formula is C17H23N3O4. The summed E-state index contributed by atoms with van der Waals surface area (Å²) < 4.78 is 10.5. The molecule has 1 aliphatic heterocycles. The first-order valence-corrected chi connectivity index (χ1v) is 8.41. The number of hydrogen-bond donors (Lipinski definition) is 1. The molecule has 0 atom stereocenters. The van der Waals surface area contributed by atoms with E-state index in [2.05, 4.69) is 21.8 Å². The molecule has 7 heteroatoms. The third-order valence-electron chi connectivity index (χ3n) is 4.52. The SMILES string of the molecule is CCOC(=O)c1c(C)oc2nc(CN3CCC(C)CC3)[nH]c(=O)c12. The molecule has 1 aliphatic rings. The van der Waals surface area contributed by atoms with Crippen molar-refractivity contribution in [1.29, 1.82) is 0 Å². The summed E-state index contributed by atoms with van der Waals surface area (Å²) in [6.45, 7) is 8.41. The average molecular weight is 333 g/mol. The molecule has 1 saturated heterocycles. The molecule has 1 fully saturated rings. The molecule has 24 heavy (non-hydrogen) atoms. The number of fused-ring (bicyclic) bond motifs is 1. The van der Waals surface area contributed by atoms with Crippen LogP contribution in [0.3, 0.4) is 0 Å². The molecule has 0 amide bonds. The molecule has 130 valence electrons. The molecule has 1 N–H and O–H groups in total. The number of likely N-dealkylation sites (tertiary alicyclic amines) is 1. The zero-order chi connectivity index (χ0) is 17.3. The normalized spacial score (nSPS) is 16.6. The molecule has 0 unspecified atom stereocenters. The highest BCUT2D eigenvalue weighted by molar-refractivity contribution is 6.03. The molecule has 0 radical (unpaired) electrons. The molecule has 0 aliphatic carbocycles. The number of nitrogens with zero attached hydrogens (tertiary/aromatic N) is 2. The zero-order valence-electron chi connectivity index (χ0n) is 14.3. The Labute approximate surface area is 140 Å². The number of aromatic nitrogens is 2. The number of nitrogens with one attached hydrogen (secondary N) is 1. The van der Waals surface area contributed by atoms with Crippen molar-refractivity contribution in [2.45, 2.75) is 40.2 Å². The van der Waals surface area contributed by atoms with Gasteiger partial charge in [-0.2, -0.15) is 4.98 Å². The van der Waals surface area contributed by atoms with Crippen LogP contribution < -0.4 is 5.56 Å². The summed E-state index contributed by atoms with van der Waals surface area (Å²) in [6.07, 6.45) is 2.30. The van der Waals surface area contributed by atoms with Gasteiger partial charge in [0.25, 0.3) is 5.56 Å². The fourth-order valence-corrected chi connectivity index (χ4v) is 3.12. The van der Waals surface area contributed by atoms with Gasteiger partial charge in [0.2, 0.25) is 5.71 Å². The molecule has 0 bridgehead atoms. The minimum Gasteiger partial charge on any atom is -0.462 e. The zero-order valence-corrected chi connectivity index (χ0v) is 14.3. The first-order chi connectivity index (χ1) is 11.5. The molecule has 0 spiro atoms. The number of hydrogen-bond acceptors (Lipinski definition) is 6. The van der Waals surface area contributed by atoms with E-state index < -0.39 is 5.97 Å². The van der Waals surface area contributed by atoms with Gasteiger partial charge in [-0.15, -0.1) is 0 Å². The standard InChI is InChI=1S/C17H23N3O4/c1-4-23-17(22)13-11(3)24-16-14(13)15(21)18-12(19-16)9-20-7-5-10(2)6-8-20/h10H,4-9H2,1-3H3,(H,18,19,21). The summed E-state index contributed by atoms with van der Waals surface area (Å²) in [4.78, 5) is 34.0. The average Bonchev–Trinajstić information content (AvgIpc) is 2.86. The molecule has 0 aromatic carbocycles. The number of carbonyl (C=O) groups excluding carboxylic acids is 1. The smallest absolute Gasteiger partial charge is 0.342 e. The number of aromatic amines is 1. The monoisotopic (exact) mass is 333 g/mol. The lowest BCUT2D eigenvalue weighted by atomic mass is 9.99. The van der Waals surface area contributed by atoms with Gasteiger partial charge in [0.05, 0.1) is 13.2 Å². The number of piperidine rings is 1. The summed E-state index contributed by atoms with van der Waals surface area (Å²) in [5.41, 5.74) is -0.00101. The Morgan fingerprint density at radius 2 is 2.12 bits per heavy atom. The van der Waals surface area contributed by atoms with Crippen LogP contribution in [0.4, 0.5) is 0 Å². The van der Waals surface area contributed by atoms with Gasteiger partial charge in [-0.3, -0.25) is 9.69 Å². The van der Waals surface area contributed by atoms with E-state index >= 15 is 0 Å². The predicted octanol–water partition coefficient (Wildman–Crippen LogP) is 2.23. The molecule has 0 saturated carbocycles. The van der Waals surface area contributed by atoms with Crippen molar-refractivity contribution in [2.75, 3.05) is 19.7 Å². The van der Waals surface area contributed by atoms with Gasteiger partial charge in [-0.1, -0.05) is 6.92 Å². The van der Waals surface area contributed by atoms with Crippen LogP contribution in [0, 0.1) is 12.8 Å². The highest BCUT2D eigenvalue weighted by atomic mass is 16.5. The maximum atomic E-state index is 12.5. The Bertz CT molecular complexity index is 800. The second-order valence-corrected chi connectivity index (χ2v) is 6.41. The summed E-state index contributed by atoms with van der Waals surface area (Å²) >= 11 is 0. The van der Waals surface area contributed by atoms with E-state index in [-0.39, 0.29) is 28.8 Å². The largest absolute Gasteiger partial charge is 0.462 e. The van der Waals surface area contributed by atoms with Gasteiger partial charge in [-0.05, 0) is 45.7 Å². The maximum absolute atomic E-state index is 12.5. The van der Waals surface area contributed by atoms with Crippen molar-refractivity contribution in [3.05, 3.63) is 27.5 Å². The van der Waals surface area contributed by atoms with Crippen molar-refractivity contribution < 1.29 is 13.9 Å². The highest BCUT2D eigenvalue weighted by Crippen LogP contribution is 2.22. The summed E-state index contributed by atoms with van der Waals surface area (Å²) in [5, 5.41) is 0.168. The lowest BCUT2D eigenvalue weighted by Crippen LogP contribution is -2.33. The van der Waals surface area contributed by atoms with Crippen molar-refractivity contribution in [3.63, 3.8) is 0 Å². The fourth-order valence-electron chi connectivity index (χ4n) is 3.12. The second kappa shape index (κ2) is 6.76. The minimum atomic E-state index is -0.557. The maximum Gasteiger partial charge on any atom is 0.342 e. The number of furan rings is 1. The summed E-state index contributed by atoms with van der Waals surface area (Å²) in [5.74, 6) is 1.10. The van der Waals surface area contributed by atoms with Gasteiger partial charge in [-0.25, -0.2) is 4.79 Å². The van der Waals surface area contributed by atoms with Gasteiger partial charge in [0.1, 0.15) is 22.5 Å². The van der Waals surface area contributed by atoms with Crippen molar-refractivity contribution in [2.24, 2.45) is 5.92 Å². The van der Waals surface area contributed by atoms with Crippen molar-refractivity contribution in [3.8, 4) is 0 Å². The quantitative estimate of drug-likeness (QED) is 0.863. The topological polar surface area (TPSA) is 88.4 Å². The summed E-state index contributed by atoms with van der Waals surface area (Å²) in [7, 11) is 0. The molecule has 2 aromatic heterocycles. The van der Waals surface area contributed by atoms with Crippen LogP contribution in [-0.4, -0.2) is 40.5 Å². The fraction of sp³-hybridized carbons (Fsp3) is 0.588. The van der Waals surface area contributed by atoms with E-state index in [1.807, 2.05) is 0 Å². The van der Waals surface area contributed by atoms with Crippen molar-refractivity contribution >= 4 is 17.1 Å². The number of esters is 1. The lowest BCUT2D eigenvalue weighted by Gasteiger charge is -2.29. The number of H-pyrrole nitrogens is 1. The Kier molecular flexibility index (Phi) is 4.71. The first-order valence-electron chi connectivity index (χ1n) is 8.41. The first kappa shape index (κ1) is 16.7. The van der Waals surface area contributed by atoms with Crippen LogP contribution in [0.1, 0.15) is 48.6 Å². The lowest BCUT2D eigenvalue weighted by molar-refractivity contribution is 0.0526. The Morgan fingerprint density at radius 1 is 1.42 bits per heavy atom. The third kappa shape index (κ3) is 3.21. The van der Waals surface area contributed by atoms with E-state index in [4.69, 9.17) is 9.15 Å². The van der Waals surface area contributed by atoms with E-state index in [0.717, 1.165) is 31.8 Å². The van der Waals surface area contributed by atoms with Gasteiger partial charge < -0.3 is 14.1 Å². The van der Waals surface area contributed by atoms with Gasteiger partial charge >= 0.3 is 5.97 Å². The van der Waals surface area contributed by atoms with E-state index in [9.17, 15) is 9.59 Å². The van der Waals surface area contributed by atoms with Gasteiger partial charge in [0, 0.05) is 0 Å². The molecule has 3 heterocycles. The van der Waals surface area contributed by atoms with E-state index in [0.29, 0.717) is 18.1 Å². The Hall–Kier alpha value is -2.15. The Morgan fingerprint density at radius 3 is 2.79 bits per heavy atom. The third-order valence-corrected chi connectivity index (χ3v) is 4.52. The number of rotatable bonds is 4. The van der Waals surface area contributed by atoms with Crippen LogP contribution in [0.2, 0.25) is 0 Å². The number of carbonyl (C=O) groups is 1. The van der Waals surface area contributed by atoms with Crippen LogP contribution in [0.5, 0.6) is 0 Å². The molecule has 3 rings (SSSR count). The number of aryl methyl sites for hydroxylation is 1. The van der Waals surface area contributed by atoms with Crippen molar-refractivity contribution in [1.82, 2.24) is 14.9 Å². The second-order valence-electron chi connectivity index (χ2n) is 6.41. The number of ether oxygens (including phenoxy) is 1. The molecular weight excluding hydrogens is 310 g/mol. The minimum absolute atomic E-state index is 0.166. The summed E-state index contributed by atoms with van der Waals surface area (Å²) in [6, 6.07) is 0. The van der Waals surface area contributed by atoms with Crippen LogP contribution in [0.25, 0.3) is 11.1 Å². The Balaban J connectivity index is 1.91. The predicted molar refractivity (Wildman–Crippen MR) is 89.0 cm³/mol. The van der Waals surface area contributed by atoms with Crippen LogP contribution >= 0.6 is 0 Å². The van der Waals surface area contributed by atoms with Gasteiger partial charge in [0.15, 0.2) is 0 Å². The highest BCUT2D eigenvalue weighted by Gasteiger charge is 2.24. The molecule has 7 nitrogen and oxygen atoms in total. The molecule has 2 aromatic rings. The van der Waals surface area contributed by atoms with Crippen LogP contribution in [0.15, 0.2) is 9.21 Å². The van der Waals surface area contributed by atoms with Crippen LogP contribution in [-0.2, 0) is 11.3 Å². The van der Waals surface area contributed by atoms with E-state index in [1.165, 1.54) is 0 Å².